The number of carbonyl (C=O) groups excluding carboxylic acids is 1. The summed E-state index contributed by atoms with van der Waals surface area (Å²) in [7, 11) is -3.43. The van der Waals surface area contributed by atoms with Gasteiger partial charge < -0.3 is 5.32 Å². The lowest BCUT2D eigenvalue weighted by Gasteiger charge is -2.18. The minimum absolute atomic E-state index is 0.110. The summed E-state index contributed by atoms with van der Waals surface area (Å²) in [5.41, 5.74) is 2.60. The van der Waals surface area contributed by atoms with Crippen LogP contribution in [0.1, 0.15) is 11.1 Å². The summed E-state index contributed by atoms with van der Waals surface area (Å²) in [5.74, 6) is -0.366. The molecule has 0 atom stereocenters. The summed E-state index contributed by atoms with van der Waals surface area (Å²) in [4.78, 5) is 12.0. The Balaban J connectivity index is 2.84. The first-order valence-electron chi connectivity index (χ1n) is 6.17. The third kappa shape index (κ3) is 4.47. The molecule has 0 unspecified atom stereocenters. The van der Waals surface area contributed by atoms with E-state index in [1.54, 1.807) is 0 Å². The van der Waals surface area contributed by atoms with E-state index in [2.05, 4.69) is 11.9 Å². The summed E-state index contributed by atoms with van der Waals surface area (Å²) in [6.07, 6.45) is 2.52. The largest absolute Gasteiger partial charge is 0.324 e. The molecule has 20 heavy (non-hydrogen) atoms. The Morgan fingerprint density at radius 3 is 2.35 bits per heavy atom. The molecule has 0 aliphatic carbocycles. The van der Waals surface area contributed by atoms with E-state index in [-0.39, 0.29) is 19.0 Å². The van der Waals surface area contributed by atoms with Crippen molar-refractivity contribution in [1.29, 1.82) is 0 Å². The van der Waals surface area contributed by atoms with Crippen LogP contribution in [0.5, 0.6) is 0 Å². The van der Waals surface area contributed by atoms with E-state index in [1.807, 2.05) is 32.0 Å². The van der Waals surface area contributed by atoms with E-state index in [9.17, 15) is 13.2 Å². The molecule has 0 aliphatic rings. The molecule has 0 heterocycles. The summed E-state index contributed by atoms with van der Waals surface area (Å²) in [6, 6.07) is 5.68. The molecule has 0 aromatic heterocycles. The van der Waals surface area contributed by atoms with E-state index < -0.39 is 10.0 Å². The minimum atomic E-state index is -3.43. The zero-order valence-electron chi connectivity index (χ0n) is 12.0. The highest BCUT2D eigenvalue weighted by Crippen LogP contribution is 2.19. The van der Waals surface area contributed by atoms with Crippen molar-refractivity contribution in [2.24, 2.45) is 0 Å². The molecule has 0 fully saturated rings. The molecule has 0 spiro atoms. The number of nitrogens with one attached hydrogen (secondary N) is 1. The Morgan fingerprint density at radius 2 is 1.90 bits per heavy atom. The van der Waals surface area contributed by atoms with Gasteiger partial charge in [0.2, 0.25) is 15.9 Å². The third-order valence-corrected chi connectivity index (χ3v) is 4.08. The van der Waals surface area contributed by atoms with E-state index >= 15 is 0 Å². The van der Waals surface area contributed by atoms with Gasteiger partial charge in [-0.3, -0.25) is 4.79 Å². The Hall–Kier alpha value is -1.66. The Kier molecular flexibility index (Phi) is 5.47. The first-order valence-corrected chi connectivity index (χ1v) is 8.02. The summed E-state index contributed by atoms with van der Waals surface area (Å²) >= 11 is 0. The molecule has 1 aromatic carbocycles. The van der Waals surface area contributed by atoms with Crippen LogP contribution in [0.2, 0.25) is 0 Å². The predicted octanol–water partition coefficient (Wildman–Crippen LogP) is 1.69. The lowest BCUT2D eigenvalue weighted by atomic mass is 10.1. The highest BCUT2D eigenvalue weighted by atomic mass is 32.2. The van der Waals surface area contributed by atoms with Crippen molar-refractivity contribution in [2.75, 3.05) is 24.7 Å². The van der Waals surface area contributed by atoms with Gasteiger partial charge in [-0.05, 0) is 25.0 Å². The number of amides is 1. The zero-order valence-corrected chi connectivity index (χ0v) is 12.8. The van der Waals surface area contributed by atoms with Gasteiger partial charge in [-0.25, -0.2) is 8.42 Å². The molecule has 1 N–H and O–H groups in total. The van der Waals surface area contributed by atoms with Gasteiger partial charge in [-0.15, -0.1) is 6.58 Å². The minimum Gasteiger partial charge on any atom is -0.324 e. The maximum Gasteiger partial charge on any atom is 0.239 e. The van der Waals surface area contributed by atoms with Gasteiger partial charge in [0, 0.05) is 12.2 Å². The fraction of sp³-hybridized carbons (Fsp3) is 0.357. The summed E-state index contributed by atoms with van der Waals surface area (Å²) in [6.45, 7) is 7.16. The number of carbonyl (C=O) groups is 1. The van der Waals surface area contributed by atoms with E-state index in [4.69, 9.17) is 0 Å². The topological polar surface area (TPSA) is 66.5 Å². The number of para-hydroxylation sites is 1. The van der Waals surface area contributed by atoms with Gasteiger partial charge in [0.25, 0.3) is 0 Å². The van der Waals surface area contributed by atoms with Crippen molar-refractivity contribution in [3.63, 3.8) is 0 Å². The molecule has 110 valence electrons. The van der Waals surface area contributed by atoms with Gasteiger partial charge in [-0.1, -0.05) is 24.3 Å². The number of sulfonamides is 1. The summed E-state index contributed by atoms with van der Waals surface area (Å²) in [5, 5.41) is 2.76. The first-order chi connectivity index (χ1) is 9.25. The van der Waals surface area contributed by atoms with Crippen LogP contribution in [0.15, 0.2) is 30.9 Å². The molecule has 0 saturated carbocycles. The van der Waals surface area contributed by atoms with E-state index in [0.29, 0.717) is 0 Å². The fourth-order valence-electron chi connectivity index (χ4n) is 1.81. The fourth-order valence-corrected chi connectivity index (χ4v) is 2.54. The maximum atomic E-state index is 12.0. The van der Waals surface area contributed by atoms with Gasteiger partial charge >= 0.3 is 0 Å². The lowest BCUT2D eigenvalue weighted by molar-refractivity contribution is -0.116. The second-order valence-electron chi connectivity index (χ2n) is 4.66. The lowest BCUT2D eigenvalue weighted by Crippen LogP contribution is -2.37. The second-order valence-corrected chi connectivity index (χ2v) is 6.64. The average molecular weight is 296 g/mol. The molecule has 6 heteroatoms. The van der Waals surface area contributed by atoms with Crippen molar-refractivity contribution in [2.45, 2.75) is 13.8 Å². The van der Waals surface area contributed by atoms with Gasteiger partial charge in [0.1, 0.15) is 0 Å². The predicted molar refractivity (Wildman–Crippen MR) is 81.2 cm³/mol. The SMILES string of the molecule is C=CCN(CC(=O)Nc1c(C)cccc1C)S(C)(=O)=O. The Bertz CT molecular complexity index is 589. The molecule has 1 aromatic rings. The molecule has 0 bridgehead atoms. The monoisotopic (exact) mass is 296 g/mol. The third-order valence-electron chi connectivity index (χ3n) is 2.87. The quantitative estimate of drug-likeness (QED) is 0.812. The standard InChI is InChI=1S/C14H20N2O3S/c1-5-9-16(20(4,18)19)10-13(17)15-14-11(2)7-6-8-12(14)3/h5-8H,1,9-10H2,2-4H3,(H,15,17). The van der Waals surface area contributed by atoms with Crippen LogP contribution in [0.3, 0.4) is 0 Å². The molecule has 5 nitrogen and oxygen atoms in total. The molecule has 0 aliphatic heterocycles. The smallest absolute Gasteiger partial charge is 0.239 e. The number of hydrogen-bond donors (Lipinski definition) is 1. The van der Waals surface area contributed by atoms with Gasteiger partial charge in [-0.2, -0.15) is 4.31 Å². The number of hydrogen-bond acceptors (Lipinski definition) is 3. The van der Waals surface area contributed by atoms with Crippen LogP contribution in [-0.4, -0.2) is 38.0 Å². The van der Waals surface area contributed by atoms with Crippen molar-refractivity contribution in [3.05, 3.63) is 42.0 Å². The van der Waals surface area contributed by atoms with Crippen molar-refractivity contribution in [3.8, 4) is 0 Å². The molecular weight excluding hydrogens is 276 g/mol. The molecular formula is C14H20N2O3S. The molecule has 0 saturated heterocycles. The maximum absolute atomic E-state index is 12.0. The Labute approximate surface area is 120 Å². The van der Waals surface area contributed by atoms with Crippen LogP contribution in [0.25, 0.3) is 0 Å². The Morgan fingerprint density at radius 1 is 1.35 bits per heavy atom. The van der Waals surface area contributed by atoms with Crippen molar-refractivity contribution >= 4 is 21.6 Å². The second kappa shape index (κ2) is 6.67. The summed E-state index contributed by atoms with van der Waals surface area (Å²) < 4.78 is 24.2. The molecule has 0 radical (unpaired) electrons. The van der Waals surface area contributed by atoms with E-state index in [0.717, 1.165) is 27.4 Å². The highest BCUT2D eigenvalue weighted by molar-refractivity contribution is 7.88. The number of aryl methyl sites for hydroxylation is 2. The number of anilines is 1. The molecule has 1 amide bonds. The van der Waals surface area contributed by atoms with Crippen molar-refractivity contribution in [1.82, 2.24) is 4.31 Å². The number of rotatable bonds is 6. The van der Waals surface area contributed by atoms with Crippen LogP contribution >= 0.6 is 0 Å². The highest BCUT2D eigenvalue weighted by Gasteiger charge is 2.19. The van der Waals surface area contributed by atoms with E-state index in [1.165, 1.54) is 6.08 Å². The number of benzene rings is 1. The van der Waals surface area contributed by atoms with Crippen molar-refractivity contribution < 1.29 is 13.2 Å². The van der Waals surface area contributed by atoms with Gasteiger partial charge in [0.15, 0.2) is 0 Å². The molecule has 1 rings (SSSR count). The van der Waals surface area contributed by atoms with Crippen LogP contribution in [0, 0.1) is 13.8 Å². The van der Waals surface area contributed by atoms with Crippen LogP contribution in [0.4, 0.5) is 5.69 Å². The first kappa shape index (κ1) is 16.4. The number of nitrogens with zero attached hydrogens (tertiary/aromatic N) is 1. The van der Waals surface area contributed by atoms with Crippen LogP contribution < -0.4 is 5.32 Å². The van der Waals surface area contributed by atoms with Crippen LogP contribution in [-0.2, 0) is 14.8 Å². The average Bonchev–Trinajstić information content (AvgIpc) is 2.32. The van der Waals surface area contributed by atoms with Gasteiger partial charge in [0.05, 0.1) is 12.8 Å². The zero-order chi connectivity index (χ0) is 15.3. The normalized spacial score (nSPS) is 11.4.